The summed E-state index contributed by atoms with van der Waals surface area (Å²) in [5.74, 6) is -0.352. The Morgan fingerprint density at radius 1 is 0.429 bits per heavy atom. The van der Waals surface area contributed by atoms with Gasteiger partial charge in [-0.3, -0.25) is 4.79 Å². The molecule has 0 spiro atoms. The number of Topliss-reactive ketones (excluding diaryl/α,β-unsaturated/α-hetero) is 1. The number of fused-ring (bicyclic) bond motifs is 17. The van der Waals surface area contributed by atoms with E-state index >= 15 is 4.79 Å². The van der Waals surface area contributed by atoms with Crippen molar-refractivity contribution in [1.29, 1.82) is 5.26 Å². The smallest absolute Gasteiger partial charge is 0.175 e. The summed E-state index contributed by atoms with van der Waals surface area (Å²) in [5, 5.41) is 22.1. The van der Waals surface area contributed by atoms with Gasteiger partial charge in [-0.1, -0.05) is 133 Å². The Balaban J connectivity index is 1.16. The zero-order valence-electron chi connectivity index (χ0n) is 33.4. The number of furan rings is 1. The van der Waals surface area contributed by atoms with Gasteiger partial charge in [-0.25, -0.2) is 0 Å². The number of aromatic nitrogens is 2. The van der Waals surface area contributed by atoms with Gasteiger partial charge in [-0.15, -0.1) is 0 Å². The van der Waals surface area contributed by atoms with Gasteiger partial charge in [-0.2, -0.15) is 5.26 Å². The van der Waals surface area contributed by atoms with Gasteiger partial charge in [0, 0.05) is 70.9 Å². The van der Waals surface area contributed by atoms with E-state index in [0.29, 0.717) is 11.1 Å². The third-order valence-electron chi connectivity index (χ3n) is 14.9. The first-order valence-electron chi connectivity index (χ1n) is 21.6. The third-order valence-corrected chi connectivity index (χ3v) is 14.9. The molecule has 0 N–H and O–H groups in total. The van der Waals surface area contributed by atoms with Crippen molar-refractivity contribution in [2.75, 3.05) is 0 Å². The number of hydrogen-bond donors (Lipinski definition) is 0. The van der Waals surface area contributed by atoms with E-state index < -0.39 is 0 Å². The minimum atomic E-state index is -0.389. The van der Waals surface area contributed by atoms with Gasteiger partial charge >= 0.3 is 0 Å². The van der Waals surface area contributed by atoms with Crippen LogP contribution in [0.3, 0.4) is 0 Å². The second kappa shape index (κ2) is 10.9. The maximum absolute atomic E-state index is 15.4. The maximum Gasteiger partial charge on any atom is 0.175 e. The number of rotatable bonds is 1. The summed E-state index contributed by atoms with van der Waals surface area (Å²) in [7, 11) is 0. The topological polar surface area (TPSA) is 62.8 Å². The first-order valence-corrected chi connectivity index (χ1v) is 21.6. The number of hydrogen-bond acceptors (Lipinski definition) is 3. The maximum atomic E-state index is 15.4. The van der Waals surface area contributed by atoms with Crippen LogP contribution in [0.2, 0.25) is 0 Å². The Hall–Kier alpha value is -8.46. The molecule has 288 valence electrons. The lowest BCUT2D eigenvalue weighted by molar-refractivity contribution is 0.0974. The van der Waals surface area contributed by atoms with Crippen molar-refractivity contribution in [1.82, 2.24) is 8.80 Å². The van der Waals surface area contributed by atoms with Gasteiger partial charge in [0.1, 0.15) is 11.7 Å². The molecule has 17 rings (SSSR count). The molecule has 0 saturated heterocycles. The minimum Gasteiger partial charge on any atom is -0.454 e. The van der Waals surface area contributed by atoms with Crippen molar-refractivity contribution in [3.63, 3.8) is 0 Å². The molecule has 3 aliphatic rings. The van der Waals surface area contributed by atoms with E-state index in [9.17, 15) is 5.26 Å². The molecule has 5 aromatic heterocycles. The molecule has 0 aliphatic heterocycles. The van der Waals surface area contributed by atoms with Crippen LogP contribution in [0.1, 0.15) is 55.6 Å². The highest BCUT2D eigenvalue weighted by Crippen LogP contribution is 2.55. The summed E-state index contributed by atoms with van der Waals surface area (Å²) >= 11 is 0. The molecule has 0 radical (unpaired) electrons. The quantitative estimate of drug-likeness (QED) is 0.166. The zero-order valence-corrected chi connectivity index (χ0v) is 33.4. The molecule has 5 heteroatoms. The van der Waals surface area contributed by atoms with Gasteiger partial charge < -0.3 is 13.2 Å². The second-order valence-corrected chi connectivity index (χ2v) is 17.7. The van der Waals surface area contributed by atoms with E-state index in [1.807, 2.05) is 24.3 Å². The van der Waals surface area contributed by atoms with Crippen LogP contribution in [0.4, 0.5) is 0 Å². The van der Waals surface area contributed by atoms with Gasteiger partial charge in [-0.05, 0) is 63.7 Å². The molecule has 0 amide bonds. The molecule has 63 heavy (non-hydrogen) atoms. The molecule has 5 heterocycles. The van der Waals surface area contributed by atoms with Crippen LogP contribution in [0, 0.1) is 11.3 Å². The van der Waals surface area contributed by atoms with E-state index in [1.165, 1.54) is 43.7 Å². The highest BCUT2D eigenvalue weighted by molar-refractivity contribution is 6.41. The first-order chi connectivity index (χ1) is 31.2. The van der Waals surface area contributed by atoms with Crippen LogP contribution in [-0.4, -0.2) is 14.6 Å². The largest absolute Gasteiger partial charge is 0.454 e. The molecule has 0 saturated carbocycles. The molecule has 14 aromatic rings. The Bertz CT molecular complexity index is 4430. The van der Waals surface area contributed by atoms with Crippen molar-refractivity contribution in [2.24, 2.45) is 0 Å². The number of nitrogens with zero attached hydrogens (tertiary/aromatic N) is 3. The van der Waals surface area contributed by atoms with Crippen LogP contribution >= 0.6 is 0 Å². The van der Waals surface area contributed by atoms with Crippen LogP contribution in [0.25, 0.3) is 109 Å². The lowest BCUT2D eigenvalue weighted by atomic mass is 9.72. The SMILES string of the molecule is N#Cc1cc2c(c3cc4c(c5cccc6c7ccccc7n4c65)c4c5cc6c(cc5n2c34)C(=O)C2c3ccccc3C6c3ccccc32)c2c1oc1c(-c3ccccc3)cccc12. The fraction of sp³-hybridized carbons (Fsp3) is 0.0345. The lowest BCUT2D eigenvalue weighted by Crippen LogP contribution is -2.19. The average Bonchev–Trinajstić information content (AvgIpc) is 4.11. The van der Waals surface area contributed by atoms with Crippen molar-refractivity contribution >= 4 is 104 Å². The molecular formula is C58H29N3O2. The standard InChI is InChI=1S/C58H29N3O2/c59-28-30-24-46-51(53-39-22-10-19-31(58(39)63-57(30)53)29-12-2-1-3-13-29)43-27-47-50(38-21-11-20-37-32-14-8-9-23-44(32)60(47)54(37)38)52-42-25-40-41(26-45(42)61(46)55(43)52)56(62)49-35-17-6-4-15-33(35)48(40)34-16-5-7-18-36(34)49/h1-27,48-49H. The van der Waals surface area contributed by atoms with E-state index in [-0.39, 0.29) is 17.6 Å². The number of ketones is 1. The van der Waals surface area contributed by atoms with Gasteiger partial charge in [0.2, 0.25) is 0 Å². The highest BCUT2D eigenvalue weighted by atomic mass is 16.3. The van der Waals surface area contributed by atoms with Crippen molar-refractivity contribution in [3.8, 4) is 17.2 Å². The number of carbonyl (C=O) groups is 1. The Labute approximate surface area is 357 Å². The lowest BCUT2D eigenvalue weighted by Gasteiger charge is -2.30. The number of para-hydroxylation sites is 3. The van der Waals surface area contributed by atoms with Crippen LogP contribution in [0.15, 0.2) is 168 Å². The van der Waals surface area contributed by atoms with E-state index in [4.69, 9.17) is 4.42 Å². The average molecular weight is 800 g/mol. The molecular weight excluding hydrogens is 771 g/mol. The van der Waals surface area contributed by atoms with Gasteiger partial charge in [0.15, 0.2) is 11.4 Å². The summed E-state index contributed by atoms with van der Waals surface area (Å²) in [6.07, 6.45) is 0. The van der Waals surface area contributed by atoms with E-state index in [1.54, 1.807) is 0 Å². The fourth-order valence-corrected chi connectivity index (χ4v) is 12.6. The van der Waals surface area contributed by atoms with Crippen LogP contribution < -0.4 is 0 Å². The van der Waals surface area contributed by atoms with Gasteiger partial charge in [0.05, 0.1) is 44.6 Å². The van der Waals surface area contributed by atoms with Crippen molar-refractivity contribution < 1.29 is 9.21 Å². The van der Waals surface area contributed by atoms with E-state index in [2.05, 4.69) is 154 Å². The monoisotopic (exact) mass is 799 g/mol. The number of benzene rings is 9. The zero-order chi connectivity index (χ0) is 41.0. The number of carbonyl (C=O) groups excluding carboxylic acids is 1. The Kier molecular flexibility index (Phi) is 5.58. The van der Waals surface area contributed by atoms with Gasteiger partial charge in [0.25, 0.3) is 0 Å². The predicted molar refractivity (Wildman–Crippen MR) is 253 cm³/mol. The summed E-state index contributed by atoms with van der Waals surface area (Å²) in [6.45, 7) is 0. The molecule has 2 bridgehead atoms. The van der Waals surface area contributed by atoms with E-state index in [0.717, 1.165) is 93.3 Å². The molecule has 0 unspecified atom stereocenters. The summed E-state index contributed by atoms with van der Waals surface area (Å²) < 4.78 is 11.7. The van der Waals surface area contributed by atoms with Crippen molar-refractivity contribution in [2.45, 2.75) is 11.8 Å². The van der Waals surface area contributed by atoms with Crippen molar-refractivity contribution in [3.05, 3.63) is 203 Å². The third kappa shape index (κ3) is 3.61. The predicted octanol–water partition coefficient (Wildman–Crippen LogP) is 14.2. The summed E-state index contributed by atoms with van der Waals surface area (Å²) in [4.78, 5) is 15.4. The molecule has 0 atom stereocenters. The molecule has 0 fully saturated rings. The van der Waals surface area contributed by atoms with Crippen LogP contribution in [0.5, 0.6) is 0 Å². The molecule has 3 aliphatic carbocycles. The first kappa shape index (κ1) is 32.3. The Morgan fingerprint density at radius 3 is 1.86 bits per heavy atom. The highest BCUT2D eigenvalue weighted by Gasteiger charge is 2.43. The fourth-order valence-electron chi connectivity index (χ4n) is 12.6. The second-order valence-electron chi connectivity index (χ2n) is 17.7. The molecule has 9 aromatic carbocycles. The minimum absolute atomic E-state index is 0.0913. The summed E-state index contributed by atoms with van der Waals surface area (Å²) in [6, 6.07) is 60.7. The summed E-state index contributed by atoms with van der Waals surface area (Å²) in [5.41, 5.74) is 16.8. The number of nitriles is 1. The Morgan fingerprint density at radius 2 is 1.06 bits per heavy atom. The normalized spacial score (nSPS) is 16.0. The molecule has 5 nitrogen and oxygen atoms in total. The van der Waals surface area contributed by atoms with Crippen LogP contribution in [-0.2, 0) is 0 Å².